The molecular weight excluding hydrogens is 248 g/mol. The first-order chi connectivity index (χ1) is 9.34. The van der Waals surface area contributed by atoms with Crippen molar-refractivity contribution in [1.82, 2.24) is 10.6 Å². The van der Waals surface area contributed by atoms with Gasteiger partial charge in [0.1, 0.15) is 0 Å². The molecule has 0 saturated carbocycles. The predicted octanol–water partition coefficient (Wildman–Crippen LogP) is 3.16. The second-order valence-corrected chi connectivity index (χ2v) is 6.26. The lowest BCUT2D eigenvalue weighted by atomic mass is 9.86. The first-order valence-corrected chi connectivity index (χ1v) is 7.45. The number of carbonyl (C=O) groups excluding carboxylic acids is 1. The van der Waals surface area contributed by atoms with Gasteiger partial charge in [0.2, 0.25) is 5.91 Å². The van der Waals surface area contributed by atoms with E-state index in [0.717, 1.165) is 18.7 Å². The van der Waals surface area contributed by atoms with Crippen molar-refractivity contribution < 1.29 is 4.79 Å². The quantitative estimate of drug-likeness (QED) is 0.784. The van der Waals surface area contributed by atoms with Crippen molar-refractivity contribution in [2.45, 2.75) is 52.5 Å². The van der Waals surface area contributed by atoms with Gasteiger partial charge in [-0.05, 0) is 30.0 Å². The zero-order chi connectivity index (χ0) is 15.2. The van der Waals surface area contributed by atoms with Gasteiger partial charge in [0.15, 0.2) is 0 Å². The Morgan fingerprint density at radius 1 is 1.20 bits per heavy atom. The van der Waals surface area contributed by atoms with Crippen LogP contribution in [0.15, 0.2) is 24.3 Å². The van der Waals surface area contributed by atoms with Crippen LogP contribution >= 0.6 is 0 Å². The smallest absolute Gasteiger partial charge is 0.221 e. The molecular formula is C17H28N2O. The summed E-state index contributed by atoms with van der Waals surface area (Å²) in [7, 11) is 0. The fraction of sp³-hybridized carbons (Fsp3) is 0.588. The van der Waals surface area contributed by atoms with Crippen molar-refractivity contribution in [3.05, 3.63) is 35.4 Å². The molecule has 0 fully saturated rings. The molecule has 20 heavy (non-hydrogen) atoms. The van der Waals surface area contributed by atoms with Crippen LogP contribution in [0, 0.1) is 0 Å². The second kappa shape index (κ2) is 7.44. The molecule has 112 valence electrons. The van der Waals surface area contributed by atoms with Crippen molar-refractivity contribution >= 4 is 5.91 Å². The summed E-state index contributed by atoms with van der Waals surface area (Å²) in [5.74, 6) is 0.0957. The van der Waals surface area contributed by atoms with E-state index in [1.54, 1.807) is 0 Å². The lowest BCUT2D eigenvalue weighted by Gasteiger charge is -2.20. The Morgan fingerprint density at radius 2 is 1.80 bits per heavy atom. The largest absolute Gasteiger partial charge is 0.350 e. The molecule has 1 atom stereocenters. The number of benzene rings is 1. The summed E-state index contributed by atoms with van der Waals surface area (Å²) in [6, 6.07) is 8.57. The third-order valence-electron chi connectivity index (χ3n) is 3.43. The Bertz CT molecular complexity index is 418. The molecule has 0 saturated heterocycles. The Morgan fingerprint density at radius 3 is 2.30 bits per heavy atom. The van der Waals surface area contributed by atoms with Crippen LogP contribution in [0.2, 0.25) is 0 Å². The maximum Gasteiger partial charge on any atom is 0.221 e. The van der Waals surface area contributed by atoms with Gasteiger partial charge in [0.25, 0.3) is 0 Å². The van der Waals surface area contributed by atoms with Crippen molar-refractivity contribution in [2.24, 2.45) is 0 Å². The molecule has 0 spiro atoms. The summed E-state index contributed by atoms with van der Waals surface area (Å²) in [6.07, 6.45) is 0.526. The van der Waals surface area contributed by atoms with E-state index in [0.29, 0.717) is 6.42 Å². The normalized spacial score (nSPS) is 13.1. The molecule has 1 aromatic rings. The van der Waals surface area contributed by atoms with Gasteiger partial charge in [-0.3, -0.25) is 4.79 Å². The molecule has 0 aliphatic heterocycles. The van der Waals surface area contributed by atoms with Crippen molar-refractivity contribution in [1.29, 1.82) is 0 Å². The number of hydrogen-bond donors (Lipinski definition) is 2. The number of hydrogen-bond acceptors (Lipinski definition) is 2. The molecule has 0 aromatic heterocycles. The molecule has 1 rings (SSSR count). The minimum absolute atomic E-state index is 0.0538. The Kier molecular flexibility index (Phi) is 6.21. The van der Waals surface area contributed by atoms with E-state index in [2.05, 4.69) is 55.7 Å². The minimum atomic E-state index is 0.0538. The fourth-order valence-electron chi connectivity index (χ4n) is 2.05. The number of nitrogens with one attached hydrogen (secondary N) is 2. The van der Waals surface area contributed by atoms with Crippen molar-refractivity contribution in [3.63, 3.8) is 0 Å². The first-order valence-electron chi connectivity index (χ1n) is 7.45. The van der Waals surface area contributed by atoms with E-state index in [9.17, 15) is 4.79 Å². The predicted molar refractivity (Wildman–Crippen MR) is 84.9 cm³/mol. The maximum absolute atomic E-state index is 11.8. The summed E-state index contributed by atoms with van der Waals surface area (Å²) in [6.45, 7) is 12.3. The minimum Gasteiger partial charge on any atom is -0.350 e. The van der Waals surface area contributed by atoms with E-state index in [4.69, 9.17) is 0 Å². The molecule has 0 heterocycles. The lowest BCUT2D eigenvalue weighted by molar-refractivity contribution is -0.121. The van der Waals surface area contributed by atoms with Crippen LogP contribution in [0.1, 0.15) is 58.2 Å². The lowest BCUT2D eigenvalue weighted by Crippen LogP contribution is -2.29. The molecule has 2 N–H and O–H groups in total. The van der Waals surface area contributed by atoms with Crippen LogP contribution in [0.4, 0.5) is 0 Å². The van der Waals surface area contributed by atoms with Gasteiger partial charge in [-0.15, -0.1) is 0 Å². The van der Waals surface area contributed by atoms with Crippen LogP contribution in [-0.2, 0) is 10.2 Å². The molecule has 3 heteroatoms. The molecule has 0 aliphatic carbocycles. The summed E-state index contributed by atoms with van der Waals surface area (Å²) >= 11 is 0. The Balaban J connectivity index is 2.55. The molecule has 3 nitrogen and oxygen atoms in total. The zero-order valence-electron chi connectivity index (χ0n) is 13.4. The number of amides is 1. The van der Waals surface area contributed by atoms with Crippen LogP contribution in [0.25, 0.3) is 0 Å². The monoisotopic (exact) mass is 276 g/mol. The van der Waals surface area contributed by atoms with Crippen LogP contribution in [0.3, 0.4) is 0 Å². The average Bonchev–Trinajstić information content (AvgIpc) is 2.38. The topological polar surface area (TPSA) is 41.1 Å². The molecule has 1 unspecified atom stereocenters. The van der Waals surface area contributed by atoms with Gasteiger partial charge in [0, 0.05) is 13.0 Å². The van der Waals surface area contributed by atoms with Gasteiger partial charge in [0.05, 0.1) is 6.04 Å². The summed E-state index contributed by atoms with van der Waals surface area (Å²) < 4.78 is 0. The van der Waals surface area contributed by atoms with E-state index < -0.39 is 0 Å². The summed E-state index contributed by atoms with van der Waals surface area (Å²) in [5.41, 5.74) is 2.62. The maximum atomic E-state index is 11.8. The third kappa shape index (κ3) is 5.33. The standard InChI is InChI=1S/C17H28N2O/c1-6-18-12-11-16(20)19-13(2)14-7-9-15(10-8-14)17(3,4)5/h7-10,13,18H,6,11-12H2,1-5H3,(H,19,20). The van der Waals surface area contributed by atoms with E-state index in [1.807, 2.05) is 13.8 Å². The highest BCUT2D eigenvalue weighted by atomic mass is 16.1. The second-order valence-electron chi connectivity index (χ2n) is 6.26. The Hall–Kier alpha value is -1.35. The van der Waals surface area contributed by atoms with Crippen LogP contribution < -0.4 is 10.6 Å². The number of carbonyl (C=O) groups is 1. The summed E-state index contributed by atoms with van der Waals surface area (Å²) in [4.78, 5) is 11.8. The summed E-state index contributed by atoms with van der Waals surface area (Å²) in [5, 5.41) is 6.19. The fourth-order valence-corrected chi connectivity index (χ4v) is 2.05. The van der Waals surface area contributed by atoms with E-state index in [-0.39, 0.29) is 17.4 Å². The van der Waals surface area contributed by atoms with Gasteiger partial charge in [-0.2, -0.15) is 0 Å². The molecule has 0 aliphatic rings. The van der Waals surface area contributed by atoms with Gasteiger partial charge in [-0.1, -0.05) is 52.0 Å². The highest BCUT2D eigenvalue weighted by molar-refractivity contribution is 5.76. The average molecular weight is 276 g/mol. The van der Waals surface area contributed by atoms with Crippen LogP contribution in [0.5, 0.6) is 0 Å². The molecule has 1 aromatic carbocycles. The van der Waals surface area contributed by atoms with Crippen LogP contribution in [-0.4, -0.2) is 19.0 Å². The molecule has 0 bridgehead atoms. The highest BCUT2D eigenvalue weighted by Crippen LogP contribution is 2.23. The van der Waals surface area contributed by atoms with Crippen molar-refractivity contribution in [2.75, 3.05) is 13.1 Å². The van der Waals surface area contributed by atoms with E-state index >= 15 is 0 Å². The van der Waals surface area contributed by atoms with Gasteiger partial charge in [-0.25, -0.2) is 0 Å². The van der Waals surface area contributed by atoms with Gasteiger partial charge < -0.3 is 10.6 Å². The van der Waals surface area contributed by atoms with E-state index in [1.165, 1.54) is 5.56 Å². The SMILES string of the molecule is CCNCCC(=O)NC(C)c1ccc(C(C)(C)C)cc1. The zero-order valence-corrected chi connectivity index (χ0v) is 13.4. The molecule has 1 amide bonds. The molecule has 0 radical (unpaired) electrons. The van der Waals surface area contributed by atoms with Crippen molar-refractivity contribution in [3.8, 4) is 0 Å². The number of rotatable bonds is 6. The highest BCUT2D eigenvalue weighted by Gasteiger charge is 2.14. The third-order valence-corrected chi connectivity index (χ3v) is 3.43. The van der Waals surface area contributed by atoms with Gasteiger partial charge >= 0.3 is 0 Å². The Labute approximate surface area is 123 Å². The first kappa shape index (κ1) is 16.7.